The molecule has 0 bridgehead atoms. The van der Waals surface area contributed by atoms with Crippen LogP contribution in [0.25, 0.3) is 0 Å². The normalized spacial score (nSPS) is 8.73. The molecule has 0 unspecified atom stereocenters. The first-order valence-electron chi connectivity index (χ1n) is 9.77. The fourth-order valence-electron chi connectivity index (χ4n) is 2.33. The molecule has 0 saturated heterocycles. The molecule has 26 heavy (non-hydrogen) atoms. The van der Waals surface area contributed by atoms with Gasteiger partial charge in [0.25, 0.3) is 0 Å². The Balaban J connectivity index is 0.000000422. The second kappa shape index (κ2) is 15.0. The number of hydrogen-bond acceptors (Lipinski definition) is 0. The van der Waals surface area contributed by atoms with E-state index in [2.05, 4.69) is 99.6 Å². The largest absolute Gasteiger partial charge is 0.0683 e. The molecule has 0 atom stereocenters. The van der Waals surface area contributed by atoms with Gasteiger partial charge in [0.05, 0.1) is 0 Å². The molecule has 0 aliphatic carbocycles. The van der Waals surface area contributed by atoms with Crippen LogP contribution in [0.5, 0.6) is 0 Å². The molecule has 0 spiro atoms. The van der Waals surface area contributed by atoms with Crippen LogP contribution in [-0.4, -0.2) is 0 Å². The van der Waals surface area contributed by atoms with Gasteiger partial charge < -0.3 is 0 Å². The van der Waals surface area contributed by atoms with E-state index < -0.39 is 0 Å². The van der Waals surface area contributed by atoms with Crippen molar-refractivity contribution in [3.8, 4) is 0 Å². The lowest BCUT2D eigenvalue weighted by Gasteiger charge is -2.00. The maximum atomic E-state index is 2.16. The van der Waals surface area contributed by atoms with Gasteiger partial charge in [-0.2, -0.15) is 0 Å². The number of benzene rings is 3. The third-order valence-electron chi connectivity index (χ3n) is 3.97. The molecule has 0 fully saturated rings. The summed E-state index contributed by atoms with van der Waals surface area (Å²) in [7, 11) is 0. The van der Waals surface area contributed by atoms with Crippen LogP contribution in [0.1, 0.15) is 55.5 Å². The minimum Gasteiger partial charge on any atom is -0.0683 e. The fraction of sp³-hybridized carbons (Fsp3) is 0.308. The van der Waals surface area contributed by atoms with E-state index >= 15 is 0 Å². The molecule has 0 amide bonds. The third kappa shape index (κ3) is 9.22. The molecule has 3 aromatic carbocycles. The third-order valence-corrected chi connectivity index (χ3v) is 3.97. The SMILES string of the molecule is CC.CC.Cc1cccc(C)c1C.c1ccc(Cc2ccccc2)cc1. The van der Waals surface area contributed by atoms with Crippen molar-refractivity contribution in [2.75, 3.05) is 0 Å². The zero-order valence-electron chi connectivity index (χ0n) is 17.7. The molecule has 0 aliphatic rings. The molecule has 0 heterocycles. The molecule has 0 N–H and O–H groups in total. The monoisotopic (exact) mass is 348 g/mol. The first-order chi connectivity index (χ1) is 12.7. The Morgan fingerprint density at radius 1 is 0.462 bits per heavy atom. The highest BCUT2D eigenvalue weighted by molar-refractivity contribution is 5.31. The van der Waals surface area contributed by atoms with Gasteiger partial charge >= 0.3 is 0 Å². The highest BCUT2D eigenvalue weighted by atomic mass is 14.0. The van der Waals surface area contributed by atoms with Crippen LogP contribution >= 0.6 is 0 Å². The summed E-state index contributed by atoms with van der Waals surface area (Å²) in [5, 5.41) is 0. The van der Waals surface area contributed by atoms with E-state index in [9.17, 15) is 0 Å². The predicted molar refractivity (Wildman–Crippen MR) is 119 cm³/mol. The van der Waals surface area contributed by atoms with Crippen molar-refractivity contribution in [3.63, 3.8) is 0 Å². The van der Waals surface area contributed by atoms with E-state index in [0.717, 1.165) is 6.42 Å². The predicted octanol–water partition coefficient (Wildman–Crippen LogP) is 7.94. The van der Waals surface area contributed by atoms with Gasteiger partial charge in [0.15, 0.2) is 0 Å². The molecule has 0 heteroatoms. The van der Waals surface area contributed by atoms with Crippen LogP contribution in [0.3, 0.4) is 0 Å². The van der Waals surface area contributed by atoms with E-state index in [1.807, 2.05) is 27.7 Å². The van der Waals surface area contributed by atoms with Crippen LogP contribution in [0.2, 0.25) is 0 Å². The molecule has 0 aromatic heterocycles. The van der Waals surface area contributed by atoms with Crippen molar-refractivity contribution in [1.29, 1.82) is 0 Å². The summed E-state index contributed by atoms with van der Waals surface area (Å²) >= 11 is 0. The Morgan fingerprint density at radius 2 is 0.808 bits per heavy atom. The van der Waals surface area contributed by atoms with Crippen LogP contribution in [0.4, 0.5) is 0 Å². The number of aryl methyl sites for hydroxylation is 2. The maximum absolute atomic E-state index is 2.16. The first-order valence-corrected chi connectivity index (χ1v) is 9.77. The van der Waals surface area contributed by atoms with Crippen LogP contribution in [0, 0.1) is 20.8 Å². The summed E-state index contributed by atoms with van der Waals surface area (Å²) in [6.07, 6.45) is 1.03. The molecule has 3 rings (SSSR count). The molecule has 0 saturated carbocycles. The van der Waals surface area contributed by atoms with Gasteiger partial charge in [0.2, 0.25) is 0 Å². The highest BCUT2D eigenvalue weighted by Crippen LogP contribution is 2.10. The second-order valence-electron chi connectivity index (χ2n) is 5.66. The first kappa shape index (κ1) is 23.7. The van der Waals surface area contributed by atoms with Crippen molar-refractivity contribution in [3.05, 3.63) is 107 Å². The summed E-state index contributed by atoms with van der Waals surface area (Å²) < 4.78 is 0. The van der Waals surface area contributed by atoms with E-state index in [1.165, 1.54) is 27.8 Å². The zero-order valence-corrected chi connectivity index (χ0v) is 17.7. The Labute approximate surface area is 161 Å². The zero-order chi connectivity index (χ0) is 19.8. The van der Waals surface area contributed by atoms with Gasteiger partial charge in [-0.15, -0.1) is 0 Å². The summed E-state index contributed by atoms with van der Waals surface area (Å²) in [5.74, 6) is 0. The fourth-order valence-corrected chi connectivity index (χ4v) is 2.33. The summed E-state index contributed by atoms with van der Waals surface area (Å²) in [5.41, 5.74) is 6.92. The summed E-state index contributed by atoms with van der Waals surface area (Å²) in [6.45, 7) is 14.4. The standard InChI is InChI=1S/C13H12.C9H12.2C2H6/c1-3-7-12(8-4-1)11-13-9-5-2-6-10-13;1-7-5-4-6-8(2)9(7)3;2*1-2/h1-10H,11H2;4-6H,1-3H3;2*1-2H3. The van der Waals surface area contributed by atoms with Crippen molar-refractivity contribution < 1.29 is 0 Å². The van der Waals surface area contributed by atoms with Gasteiger partial charge in [-0.05, 0) is 55.0 Å². The van der Waals surface area contributed by atoms with Gasteiger partial charge in [-0.25, -0.2) is 0 Å². The van der Waals surface area contributed by atoms with Crippen LogP contribution < -0.4 is 0 Å². The molecule has 3 aromatic rings. The highest BCUT2D eigenvalue weighted by Gasteiger charge is 1.93. The van der Waals surface area contributed by atoms with Gasteiger partial charge in [0.1, 0.15) is 0 Å². The molecule has 0 radical (unpaired) electrons. The van der Waals surface area contributed by atoms with E-state index in [0.29, 0.717) is 0 Å². The average molecular weight is 349 g/mol. The van der Waals surface area contributed by atoms with Crippen molar-refractivity contribution in [1.82, 2.24) is 0 Å². The van der Waals surface area contributed by atoms with E-state index in [-0.39, 0.29) is 0 Å². The van der Waals surface area contributed by atoms with Crippen molar-refractivity contribution in [2.45, 2.75) is 54.9 Å². The van der Waals surface area contributed by atoms with E-state index in [4.69, 9.17) is 0 Å². The lowest BCUT2D eigenvalue weighted by atomic mass is 10.1. The van der Waals surface area contributed by atoms with Crippen molar-refractivity contribution >= 4 is 0 Å². The molecule has 140 valence electrons. The average Bonchev–Trinajstić information content (AvgIpc) is 2.71. The lowest BCUT2D eigenvalue weighted by molar-refractivity contribution is 1.19. The lowest BCUT2D eigenvalue weighted by Crippen LogP contribution is -1.85. The number of rotatable bonds is 2. The second-order valence-corrected chi connectivity index (χ2v) is 5.66. The molecule has 0 aliphatic heterocycles. The van der Waals surface area contributed by atoms with Gasteiger partial charge in [0, 0.05) is 0 Å². The van der Waals surface area contributed by atoms with Crippen molar-refractivity contribution in [2.24, 2.45) is 0 Å². The Hall–Kier alpha value is -2.34. The molecular formula is C26H36. The van der Waals surface area contributed by atoms with Crippen LogP contribution in [-0.2, 0) is 6.42 Å². The number of hydrogen-bond donors (Lipinski definition) is 0. The Kier molecular flexibility index (Phi) is 13.6. The van der Waals surface area contributed by atoms with Crippen LogP contribution in [0.15, 0.2) is 78.9 Å². The minimum absolute atomic E-state index is 1.03. The molecular weight excluding hydrogens is 312 g/mol. The van der Waals surface area contributed by atoms with E-state index in [1.54, 1.807) is 0 Å². The summed E-state index contributed by atoms with van der Waals surface area (Å²) in [6, 6.07) is 27.4. The quantitative estimate of drug-likeness (QED) is 0.441. The minimum atomic E-state index is 1.03. The van der Waals surface area contributed by atoms with Gasteiger partial charge in [-0.1, -0.05) is 107 Å². The van der Waals surface area contributed by atoms with Gasteiger partial charge in [-0.3, -0.25) is 0 Å². The Bertz CT molecular complexity index is 624. The summed E-state index contributed by atoms with van der Waals surface area (Å²) in [4.78, 5) is 0. The molecule has 0 nitrogen and oxygen atoms in total. The Morgan fingerprint density at radius 3 is 1.12 bits per heavy atom. The topological polar surface area (TPSA) is 0 Å². The smallest absolute Gasteiger partial charge is 0.00258 e. The maximum Gasteiger partial charge on any atom is -0.00258 e.